The van der Waals surface area contributed by atoms with Crippen molar-refractivity contribution < 1.29 is 4.84 Å². The quantitative estimate of drug-likeness (QED) is 0.602. The van der Waals surface area contributed by atoms with Crippen molar-refractivity contribution in [2.24, 2.45) is 5.92 Å². The molecule has 6 heteroatoms. The third-order valence-corrected chi connectivity index (χ3v) is 6.35. The Labute approximate surface area is 172 Å². The highest BCUT2D eigenvalue weighted by Gasteiger charge is 2.42. The first kappa shape index (κ1) is 18.7. The molecule has 2 aliphatic heterocycles. The Morgan fingerprint density at radius 3 is 2.65 bits per heavy atom. The standard InChI is InChI=1S/C20H21BrCl2N2O/c1-24-19-9-20(14-3-2-4-16(21)7-14)25(11-15(19)12-26-24)10-13-5-17(22)8-18(23)6-13/h2-8,15,19-20H,9-12H2,1H3/t15-,19-,20-/m0/s1. The van der Waals surface area contributed by atoms with E-state index in [9.17, 15) is 0 Å². The van der Waals surface area contributed by atoms with Crippen LogP contribution < -0.4 is 0 Å². The van der Waals surface area contributed by atoms with Crippen molar-refractivity contribution in [1.29, 1.82) is 0 Å². The van der Waals surface area contributed by atoms with E-state index in [0.29, 0.717) is 28.0 Å². The SMILES string of the molecule is CN1OC[C@@H]2CN(Cc3cc(Cl)cc(Cl)c3)[C@H](c3cccc(Br)c3)C[C@@H]21. The second-order valence-corrected chi connectivity index (χ2v) is 8.97. The summed E-state index contributed by atoms with van der Waals surface area (Å²) >= 11 is 16.0. The van der Waals surface area contributed by atoms with Crippen LogP contribution in [0.2, 0.25) is 10.0 Å². The van der Waals surface area contributed by atoms with Crippen LogP contribution in [0.1, 0.15) is 23.6 Å². The van der Waals surface area contributed by atoms with E-state index >= 15 is 0 Å². The summed E-state index contributed by atoms with van der Waals surface area (Å²) in [6, 6.07) is 15.2. The molecule has 2 heterocycles. The molecule has 0 saturated carbocycles. The molecule has 0 amide bonds. The Morgan fingerprint density at radius 2 is 1.92 bits per heavy atom. The number of likely N-dealkylation sites (tertiary alicyclic amines) is 1. The average molecular weight is 456 g/mol. The number of rotatable bonds is 3. The van der Waals surface area contributed by atoms with E-state index in [4.69, 9.17) is 28.0 Å². The number of hydrogen-bond acceptors (Lipinski definition) is 3. The maximum atomic E-state index is 6.21. The van der Waals surface area contributed by atoms with Crippen molar-refractivity contribution in [3.8, 4) is 0 Å². The average Bonchev–Trinajstić information content (AvgIpc) is 2.93. The van der Waals surface area contributed by atoms with E-state index in [2.05, 4.69) is 52.1 Å². The first-order valence-corrected chi connectivity index (χ1v) is 10.3. The Bertz CT molecular complexity index is 783. The van der Waals surface area contributed by atoms with Crippen molar-refractivity contribution in [1.82, 2.24) is 9.96 Å². The van der Waals surface area contributed by atoms with Gasteiger partial charge in [-0.25, -0.2) is 0 Å². The molecule has 2 aromatic carbocycles. The Balaban J connectivity index is 1.64. The third kappa shape index (κ3) is 3.96. The van der Waals surface area contributed by atoms with Crippen molar-refractivity contribution >= 4 is 39.1 Å². The molecule has 0 aromatic heterocycles. The predicted octanol–water partition coefficient (Wildman–Crippen LogP) is 5.56. The molecule has 0 bridgehead atoms. The number of hydrogen-bond donors (Lipinski definition) is 0. The van der Waals surface area contributed by atoms with Gasteiger partial charge in [-0.1, -0.05) is 51.3 Å². The van der Waals surface area contributed by atoms with Gasteiger partial charge in [0.1, 0.15) is 0 Å². The fourth-order valence-corrected chi connectivity index (χ4v) is 5.20. The van der Waals surface area contributed by atoms with E-state index in [0.717, 1.165) is 36.2 Å². The van der Waals surface area contributed by atoms with Crippen LogP contribution in [0.4, 0.5) is 0 Å². The first-order valence-electron chi connectivity index (χ1n) is 8.80. The van der Waals surface area contributed by atoms with Gasteiger partial charge in [-0.3, -0.25) is 9.74 Å². The maximum Gasteiger partial charge on any atom is 0.0741 e. The maximum absolute atomic E-state index is 6.21. The summed E-state index contributed by atoms with van der Waals surface area (Å²) in [6.07, 6.45) is 1.05. The molecule has 0 unspecified atom stereocenters. The smallest absolute Gasteiger partial charge is 0.0741 e. The predicted molar refractivity (Wildman–Crippen MR) is 109 cm³/mol. The van der Waals surface area contributed by atoms with Crippen molar-refractivity contribution in [2.45, 2.75) is 25.0 Å². The normalized spacial score (nSPS) is 26.8. The molecule has 2 aromatic rings. The minimum absolute atomic E-state index is 0.329. The van der Waals surface area contributed by atoms with E-state index in [1.807, 2.05) is 17.2 Å². The molecule has 0 aliphatic carbocycles. The Hall–Kier alpha value is -0.620. The lowest BCUT2D eigenvalue weighted by Gasteiger charge is -2.42. The number of benzene rings is 2. The van der Waals surface area contributed by atoms with Gasteiger partial charge in [-0.2, -0.15) is 5.06 Å². The van der Waals surface area contributed by atoms with Crippen LogP contribution in [0.5, 0.6) is 0 Å². The van der Waals surface area contributed by atoms with Gasteiger partial charge < -0.3 is 0 Å². The molecule has 0 N–H and O–H groups in total. The largest absolute Gasteiger partial charge is 0.299 e. The van der Waals surface area contributed by atoms with Crippen LogP contribution in [0.25, 0.3) is 0 Å². The topological polar surface area (TPSA) is 15.7 Å². The highest BCUT2D eigenvalue weighted by Crippen LogP contribution is 2.40. The summed E-state index contributed by atoms with van der Waals surface area (Å²) in [5.74, 6) is 0.526. The highest BCUT2D eigenvalue weighted by atomic mass is 79.9. The van der Waals surface area contributed by atoms with Crippen molar-refractivity contribution in [3.63, 3.8) is 0 Å². The van der Waals surface area contributed by atoms with Gasteiger partial charge in [0.25, 0.3) is 0 Å². The third-order valence-electron chi connectivity index (χ3n) is 5.42. The molecule has 138 valence electrons. The lowest BCUT2D eigenvalue weighted by Crippen LogP contribution is -2.46. The van der Waals surface area contributed by atoms with E-state index in [-0.39, 0.29) is 0 Å². The van der Waals surface area contributed by atoms with Gasteiger partial charge in [-0.15, -0.1) is 0 Å². The molecular formula is C20H21BrCl2N2O. The zero-order valence-corrected chi connectivity index (χ0v) is 17.6. The van der Waals surface area contributed by atoms with Gasteiger partial charge in [0.2, 0.25) is 0 Å². The zero-order chi connectivity index (χ0) is 18.3. The number of halogens is 3. The second kappa shape index (κ2) is 7.78. The molecule has 0 spiro atoms. The summed E-state index contributed by atoms with van der Waals surface area (Å²) in [7, 11) is 2.05. The van der Waals surface area contributed by atoms with E-state index in [1.54, 1.807) is 6.07 Å². The minimum Gasteiger partial charge on any atom is -0.299 e. The number of nitrogens with zero attached hydrogens (tertiary/aromatic N) is 2. The summed E-state index contributed by atoms with van der Waals surface area (Å²) in [4.78, 5) is 8.33. The van der Waals surface area contributed by atoms with Gasteiger partial charge in [0, 0.05) is 52.7 Å². The van der Waals surface area contributed by atoms with Gasteiger partial charge in [0.15, 0.2) is 0 Å². The number of fused-ring (bicyclic) bond motifs is 1. The number of hydroxylamine groups is 2. The lowest BCUT2D eigenvalue weighted by atomic mass is 9.85. The fourth-order valence-electron chi connectivity index (χ4n) is 4.21. The summed E-state index contributed by atoms with van der Waals surface area (Å²) < 4.78 is 1.11. The Morgan fingerprint density at radius 1 is 1.15 bits per heavy atom. The van der Waals surface area contributed by atoms with E-state index < -0.39 is 0 Å². The molecule has 2 saturated heterocycles. The zero-order valence-electron chi connectivity index (χ0n) is 14.5. The number of piperidine rings is 1. The molecule has 4 rings (SSSR count). The van der Waals surface area contributed by atoms with Crippen LogP contribution in [-0.2, 0) is 11.4 Å². The highest BCUT2D eigenvalue weighted by molar-refractivity contribution is 9.10. The molecule has 2 fully saturated rings. The Kier molecular flexibility index (Phi) is 5.61. The van der Waals surface area contributed by atoms with E-state index in [1.165, 1.54) is 5.56 Å². The lowest BCUT2D eigenvalue weighted by molar-refractivity contribution is -0.114. The summed E-state index contributed by atoms with van der Waals surface area (Å²) in [5, 5.41) is 3.42. The molecule has 3 nitrogen and oxygen atoms in total. The molecule has 26 heavy (non-hydrogen) atoms. The second-order valence-electron chi connectivity index (χ2n) is 7.18. The fraction of sp³-hybridized carbons (Fsp3) is 0.400. The van der Waals surface area contributed by atoms with Crippen LogP contribution in [-0.4, -0.2) is 36.2 Å². The van der Waals surface area contributed by atoms with Crippen molar-refractivity contribution in [2.75, 3.05) is 20.2 Å². The summed E-state index contributed by atoms with van der Waals surface area (Å²) in [5.41, 5.74) is 2.47. The molecule has 2 aliphatic rings. The van der Waals surface area contributed by atoms with Gasteiger partial charge in [-0.05, 0) is 47.9 Å². The molecule has 3 atom stereocenters. The summed E-state index contributed by atoms with van der Waals surface area (Å²) in [6.45, 7) is 2.61. The van der Waals surface area contributed by atoms with Crippen molar-refractivity contribution in [3.05, 3.63) is 68.1 Å². The van der Waals surface area contributed by atoms with Crippen LogP contribution in [0.15, 0.2) is 46.9 Å². The van der Waals surface area contributed by atoms with Crippen LogP contribution >= 0.6 is 39.1 Å². The monoisotopic (exact) mass is 454 g/mol. The van der Waals surface area contributed by atoms with Crippen LogP contribution in [0, 0.1) is 5.92 Å². The van der Waals surface area contributed by atoms with Crippen LogP contribution in [0.3, 0.4) is 0 Å². The van der Waals surface area contributed by atoms with Gasteiger partial charge >= 0.3 is 0 Å². The minimum atomic E-state index is 0.329. The van der Waals surface area contributed by atoms with Gasteiger partial charge in [0.05, 0.1) is 6.61 Å². The first-order chi connectivity index (χ1) is 12.5. The molecule has 0 radical (unpaired) electrons. The molecular weight excluding hydrogens is 435 g/mol.